The first kappa shape index (κ1) is 21.4. The molecule has 9 nitrogen and oxygen atoms in total. The van der Waals surface area contributed by atoms with E-state index in [4.69, 9.17) is 14.6 Å². The third kappa shape index (κ3) is 7.33. The fraction of sp³-hybridized carbons (Fsp3) is 0.200. The number of benzene rings is 2. The van der Waals surface area contributed by atoms with E-state index in [-0.39, 0.29) is 18.4 Å². The summed E-state index contributed by atoms with van der Waals surface area (Å²) in [6.07, 6.45) is -0.419. The quantitative estimate of drug-likeness (QED) is 0.550. The number of carbonyl (C=O) groups is 4. The van der Waals surface area contributed by atoms with Crippen LogP contribution >= 0.6 is 0 Å². The predicted octanol–water partition coefficient (Wildman–Crippen LogP) is 2.29. The van der Waals surface area contributed by atoms with Gasteiger partial charge in [-0.1, -0.05) is 0 Å². The molecule has 152 valence electrons. The molecule has 0 heterocycles. The Morgan fingerprint density at radius 2 is 1.38 bits per heavy atom. The maximum absolute atomic E-state index is 12.0. The largest absolute Gasteiger partial charge is 0.497 e. The van der Waals surface area contributed by atoms with E-state index in [1.807, 2.05) is 0 Å². The molecule has 2 rings (SSSR count). The van der Waals surface area contributed by atoms with E-state index >= 15 is 0 Å². The lowest BCUT2D eigenvalue weighted by Gasteiger charge is -2.08. The van der Waals surface area contributed by atoms with Gasteiger partial charge in [0.2, 0.25) is 5.91 Å². The molecule has 0 saturated heterocycles. The minimum absolute atomic E-state index is 0.150. The van der Waals surface area contributed by atoms with Gasteiger partial charge in [-0.15, -0.1) is 0 Å². The summed E-state index contributed by atoms with van der Waals surface area (Å²) in [7, 11) is 1.53. The fourth-order valence-electron chi connectivity index (χ4n) is 2.22. The van der Waals surface area contributed by atoms with Crippen LogP contribution in [0.15, 0.2) is 48.5 Å². The van der Waals surface area contributed by atoms with E-state index in [1.165, 1.54) is 31.4 Å². The van der Waals surface area contributed by atoms with Gasteiger partial charge in [0.1, 0.15) is 5.75 Å². The molecule has 9 heteroatoms. The van der Waals surface area contributed by atoms with Crippen molar-refractivity contribution in [2.75, 3.05) is 24.4 Å². The van der Waals surface area contributed by atoms with E-state index < -0.39 is 30.4 Å². The second kappa shape index (κ2) is 10.5. The van der Waals surface area contributed by atoms with Gasteiger partial charge in [-0.3, -0.25) is 14.4 Å². The van der Waals surface area contributed by atoms with Crippen molar-refractivity contribution in [1.82, 2.24) is 0 Å². The number of hydrogen-bond acceptors (Lipinski definition) is 6. The van der Waals surface area contributed by atoms with Gasteiger partial charge in [0.05, 0.1) is 19.1 Å². The van der Waals surface area contributed by atoms with Gasteiger partial charge < -0.3 is 25.2 Å². The highest BCUT2D eigenvalue weighted by Gasteiger charge is 2.11. The molecule has 0 aliphatic carbocycles. The van der Waals surface area contributed by atoms with Crippen LogP contribution in [0.5, 0.6) is 5.75 Å². The van der Waals surface area contributed by atoms with Crippen molar-refractivity contribution in [1.29, 1.82) is 0 Å². The molecule has 0 radical (unpaired) electrons. The normalized spacial score (nSPS) is 9.97. The number of esters is 1. The second-order valence-corrected chi connectivity index (χ2v) is 5.87. The maximum Gasteiger partial charge on any atom is 0.338 e. The summed E-state index contributed by atoms with van der Waals surface area (Å²) in [5, 5.41) is 13.7. The molecular weight excluding hydrogens is 380 g/mol. The van der Waals surface area contributed by atoms with E-state index in [1.54, 1.807) is 24.3 Å². The van der Waals surface area contributed by atoms with Crippen LogP contribution < -0.4 is 15.4 Å². The Kier molecular flexibility index (Phi) is 7.72. The molecular formula is C20H20N2O7. The van der Waals surface area contributed by atoms with Gasteiger partial charge >= 0.3 is 11.9 Å². The topological polar surface area (TPSA) is 131 Å². The molecule has 29 heavy (non-hydrogen) atoms. The maximum atomic E-state index is 12.0. The van der Waals surface area contributed by atoms with Crippen LogP contribution in [0.1, 0.15) is 23.2 Å². The van der Waals surface area contributed by atoms with Gasteiger partial charge in [0.25, 0.3) is 5.91 Å². The number of carboxylic acid groups (broad SMARTS) is 1. The highest BCUT2D eigenvalue weighted by Crippen LogP contribution is 2.15. The summed E-state index contributed by atoms with van der Waals surface area (Å²) in [5.74, 6) is -2.05. The number of anilines is 2. The van der Waals surface area contributed by atoms with Crippen LogP contribution in [0.4, 0.5) is 11.4 Å². The minimum Gasteiger partial charge on any atom is -0.497 e. The lowest BCUT2D eigenvalue weighted by Crippen LogP contribution is -2.21. The summed E-state index contributed by atoms with van der Waals surface area (Å²) >= 11 is 0. The molecule has 3 N–H and O–H groups in total. The Balaban J connectivity index is 1.80. The molecule has 0 bridgehead atoms. The van der Waals surface area contributed by atoms with E-state index in [9.17, 15) is 19.2 Å². The smallest absolute Gasteiger partial charge is 0.338 e. The zero-order valence-electron chi connectivity index (χ0n) is 15.6. The van der Waals surface area contributed by atoms with Crippen molar-refractivity contribution in [2.45, 2.75) is 12.8 Å². The van der Waals surface area contributed by atoms with E-state index in [2.05, 4.69) is 10.6 Å². The molecule has 2 aromatic rings. The number of hydrogen-bond donors (Lipinski definition) is 3. The SMILES string of the molecule is COc1ccc(NC(=O)COC(=O)c2ccc(NC(=O)CCC(=O)O)cc2)cc1. The van der Waals surface area contributed by atoms with Crippen molar-refractivity contribution >= 4 is 35.1 Å². The Morgan fingerprint density at radius 3 is 1.93 bits per heavy atom. The first-order valence-corrected chi connectivity index (χ1v) is 8.60. The Morgan fingerprint density at radius 1 is 0.828 bits per heavy atom. The zero-order valence-corrected chi connectivity index (χ0v) is 15.6. The van der Waals surface area contributed by atoms with Gasteiger partial charge in [-0.05, 0) is 48.5 Å². The average Bonchev–Trinajstić information content (AvgIpc) is 2.71. The molecule has 0 saturated carbocycles. The third-order valence-corrected chi connectivity index (χ3v) is 3.68. The van der Waals surface area contributed by atoms with Crippen molar-refractivity contribution in [3.63, 3.8) is 0 Å². The van der Waals surface area contributed by atoms with Crippen LogP contribution in [0, 0.1) is 0 Å². The number of rotatable bonds is 9. The van der Waals surface area contributed by atoms with Crippen LogP contribution in [0.25, 0.3) is 0 Å². The summed E-state index contributed by atoms with van der Waals surface area (Å²) in [5.41, 5.74) is 1.15. The van der Waals surface area contributed by atoms with Crippen molar-refractivity contribution in [2.24, 2.45) is 0 Å². The number of ether oxygens (including phenoxy) is 2. The lowest BCUT2D eigenvalue weighted by atomic mass is 10.2. The van der Waals surface area contributed by atoms with Gasteiger partial charge in [0.15, 0.2) is 6.61 Å². The Labute approximate surface area is 166 Å². The molecule has 2 amide bonds. The first-order valence-electron chi connectivity index (χ1n) is 8.60. The molecule has 0 aromatic heterocycles. The van der Waals surface area contributed by atoms with Gasteiger partial charge in [-0.25, -0.2) is 4.79 Å². The van der Waals surface area contributed by atoms with Gasteiger partial charge in [-0.2, -0.15) is 0 Å². The average molecular weight is 400 g/mol. The molecule has 2 aromatic carbocycles. The first-order chi connectivity index (χ1) is 13.9. The minimum atomic E-state index is -1.06. The number of aliphatic carboxylic acids is 1. The predicted molar refractivity (Wildman–Crippen MR) is 104 cm³/mol. The standard InChI is InChI=1S/C20H20N2O7/c1-28-16-8-6-15(7-9-16)22-18(24)12-29-20(27)13-2-4-14(5-3-13)21-17(23)10-11-19(25)26/h2-9H,10-12H2,1H3,(H,21,23)(H,22,24)(H,25,26). The second-order valence-electron chi connectivity index (χ2n) is 5.87. The highest BCUT2D eigenvalue weighted by atomic mass is 16.5. The van der Waals surface area contributed by atoms with Crippen LogP contribution in [0.2, 0.25) is 0 Å². The van der Waals surface area contributed by atoms with E-state index in [0.29, 0.717) is 17.1 Å². The summed E-state index contributed by atoms with van der Waals surface area (Å²) in [6, 6.07) is 12.5. The molecule has 0 unspecified atom stereocenters. The third-order valence-electron chi connectivity index (χ3n) is 3.68. The number of nitrogens with one attached hydrogen (secondary N) is 2. The Hall–Kier alpha value is -3.88. The molecule has 0 aliphatic rings. The summed E-state index contributed by atoms with van der Waals surface area (Å²) in [6.45, 7) is -0.460. The van der Waals surface area contributed by atoms with Crippen LogP contribution in [-0.2, 0) is 19.1 Å². The van der Waals surface area contributed by atoms with Crippen molar-refractivity contribution < 1.29 is 33.8 Å². The van der Waals surface area contributed by atoms with E-state index in [0.717, 1.165) is 0 Å². The molecule has 0 aliphatic heterocycles. The Bertz CT molecular complexity index is 877. The summed E-state index contributed by atoms with van der Waals surface area (Å²) < 4.78 is 9.99. The molecule has 0 spiro atoms. The molecule has 0 atom stereocenters. The number of amides is 2. The van der Waals surface area contributed by atoms with Crippen LogP contribution in [-0.4, -0.2) is 42.6 Å². The van der Waals surface area contributed by atoms with Gasteiger partial charge in [0, 0.05) is 17.8 Å². The lowest BCUT2D eigenvalue weighted by molar-refractivity contribution is -0.138. The van der Waals surface area contributed by atoms with Crippen molar-refractivity contribution in [3.05, 3.63) is 54.1 Å². The van der Waals surface area contributed by atoms with Crippen LogP contribution in [0.3, 0.4) is 0 Å². The summed E-state index contributed by atoms with van der Waals surface area (Å²) in [4.78, 5) is 45.9. The number of methoxy groups -OCH3 is 1. The van der Waals surface area contributed by atoms with Crippen molar-refractivity contribution in [3.8, 4) is 5.75 Å². The fourth-order valence-corrected chi connectivity index (χ4v) is 2.22. The highest BCUT2D eigenvalue weighted by molar-refractivity contribution is 5.96. The monoisotopic (exact) mass is 400 g/mol. The number of carbonyl (C=O) groups excluding carboxylic acids is 3. The zero-order chi connectivity index (χ0) is 21.2. The number of carboxylic acids is 1. The molecule has 0 fully saturated rings.